The Morgan fingerprint density at radius 2 is 1.46 bits per heavy atom. The van der Waals surface area contributed by atoms with Crippen LogP contribution in [0.25, 0.3) is 11.1 Å². The van der Waals surface area contributed by atoms with Crippen molar-refractivity contribution in [1.82, 2.24) is 0 Å². The van der Waals surface area contributed by atoms with Gasteiger partial charge >= 0.3 is 0 Å². The molecule has 0 aliphatic rings. The Hall–Kier alpha value is -2.95. The smallest absolute Gasteiger partial charge is 0.203 e. The lowest BCUT2D eigenvalue weighted by Gasteiger charge is -2.15. The van der Waals surface area contributed by atoms with Crippen LogP contribution in [0.1, 0.15) is 18.1 Å². The summed E-state index contributed by atoms with van der Waals surface area (Å²) in [5.41, 5.74) is 2.77. The third kappa shape index (κ3) is 3.35. The molecule has 0 atom stereocenters. The van der Waals surface area contributed by atoms with E-state index in [1.807, 2.05) is 6.92 Å². The standard InChI is InChI=1S/C19H20O5/c1-12(16(11-20)13-5-7-15(21)8-6-13)14-9-17(22-2)19(24-4)18(10-14)23-3/h5-11,21H,1-4H3. The minimum atomic E-state index is 0.148. The van der Waals surface area contributed by atoms with Gasteiger partial charge < -0.3 is 19.3 Å². The predicted molar refractivity (Wildman–Crippen MR) is 92.8 cm³/mol. The number of methoxy groups -OCH3 is 3. The van der Waals surface area contributed by atoms with Crippen LogP contribution in [-0.2, 0) is 4.79 Å². The van der Waals surface area contributed by atoms with Crippen molar-refractivity contribution >= 4 is 17.4 Å². The number of phenols is 1. The number of phenolic OH excluding ortho intramolecular Hbond substituents is 1. The number of carbonyl (C=O) groups is 1. The molecule has 0 aromatic heterocycles. The fourth-order valence-corrected chi connectivity index (χ4v) is 2.47. The summed E-state index contributed by atoms with van der Waals surface area (Å²) < 4.78 is 16.0. The van der Waals surface area contributed by atoms with Gasteiger partial charge in [-0.05, 0) is 47.9 Å². The monoisotopic (exact) mass is 328 g/mol. The number of aromatic hydroxyl groups is 1. The number of ether oxygens (including phenoxy) is 3. The molecule has 0 bridgehead atoms. The lowest BCUT2D eigenvalue weighted by atomic mass is 9.96. The molecule has 24 heavy (non-hydrogen) atoms. The second-order valence-electron chi connectivity index (χ2n) is 5.12. The van der Waals surface area contributed by atoms with Crippen molar-refractivity contribution in [2.75, 3.05) is 21.3 Å². The van der Waals surface area contributed by atoms with Gasteiger partial charge in [-0.15, -0.1) is 0 Å². The molecule has 2 aromatic carbocycles. The van der Waals surface area contributed by atoms with Crippen LogP contribution in [0, 0.1) is 0 Å². The van der Waals surface area contributed by atoms with Gasteiger partial charge in [-0.1, -0.05) is 12.1 Å². The van der Waals surface area contributed by atoms with Crippen LogP contribution >= 0.6 is 0 Å². The molecule has 1 N–H and O–H groups in total. The molecular weight excluding hydrogens is 308 g/mol. The van der Waals surface area contributed by atoms with Crippen LogP contribution in [0.15, 0.2) is 36.4 Å². The number of hydrogen-bond donors (Lipinski definition) is 1. The van der Waals surface area contributed by atoms with Gasteiger partial charge in [0.25, 0.3) is 0 Å². The highest BCUT2D eigenvalue weighted by molar-refractivity contribution is 6.17. The molecule has 5 nitrogen and oxygen atoms in total. The zero-order chi connectivity index (χ0) is 17.7. The van der Waals surface area contributed by atoms with Gasteiger partial charge in [0.15, 0.2) is 17.8 Å². The molecule has 5 heteroatoms. The number of rotatable bonds is 6. The zero-order valence-corrected chi connectivity index (χ0v) is 14.1. The van der Waals surface area contributed by atoms with E-state index >= 15 is 0 Å². The Bertz CT molecular complexity index is 735. The molecule has 0 fully saturated rings. The Labute approximate surface area is 141 Å². The quantitative estimate of drug-likeness (QED) is 0.499. The maximum Gasteiger partial charge on any atom is 0.203 e. The number of allylic oxidation sites excluding steroid dienone is 2. The van der Waals surface area contributed by atoms with Crippen molar-refractivity contribution in [3.8, 4) is 23.0 Å². The van der Waals surface area contributed by atoms with Crippen LogP contribution < -0.4 is 14.2 Å². The highest BCUT2D eigenvalue weighted by Gasteiger charge is 2.16. The van der Waals surface area contributed by atoms with E-state index in [1.165, 1.54) is 7.11 Å². The van der Waals surface area contributed by atoms with E-state index in [0.717, 1.165) is 17.4 Å². The Balaban J connectivity index is 2.63. The topological polar surface area (TPSA) is 65.0 Å². The molecule has 0 saturated heterocycles. The van der Waals surface area contributed by atoms with Gasteiger partial charge in [0.1, 0.15) is 5.75 Å². The van der Waals surface area contributed by atoms with Crippen LogP contribution in [0.3, 0.4) is 0 Å². The van der Waals surface area contributed by atoms with Crippen molar-refractivity contribution < 1.29 is 24.1 Å². The molecule has 0 heterocycles. The normalized spacial score (nSPS) is 11.5. The SMILES string of the molecule is COc1cc(C(C)=C(C=O)c2ccc(O)cc2)cc(OC)c1OC. The van der Waals surface area contributed by atoms with Crippen LogP contribution in [0.2, 0.25) is 0 Å². The zero-order valence-electron chi connectivity index (χ0n) is 14.1. The minimum Gasteiger partial charge on any atom is -0.508 e. The summed E-state index contributed by atoms with van der Waals surface area (Å²) in [5.74, 6) is 1.67. The maximum absolute atomic E-state index is 11.6. The van der Waals surface area contributed by atoms with E-state index in [-0.39, 0.29) is 5.75 Å². The highest BCUT2D eigenvalue weighted by atomic mass is 16.5. The predicted octanol–water partition coefficient (Wildman–Crippen LogP) is 3.55. The van der Waals surface area contributed by atoms with Gasteiger partial charge in [-0.2, -0.15) is 0 Å². The average Bonchev–Trinajstić information content (AvgIpc) is 2.62. The molecule has 0 amide bonds. The first-order chi connectivity index (χ1) is 11.5. The largest absolute Gasteiger partial charge is 0.508 e. The number of aldehydes is 1. The van der Waals surface area contributed by atoms with Crippen molar-refractivity contribution in [3.63, 3.8) is 0 Å². The number of carbonyl (C=O) groups excluding carboxylic acids is 1. The third-order valence-electron chi connectivity index (χ3n) is 3.80. The van der Waals surface area contributed by atoms with Gasteiger partial charge in [0.2, 0.25) is 5.75 Å². The second-order valence-corrected chi connectivity index (χ2v) is 5.12. The van der Waals surface area contributed by atoms with Crippen LogP contribution in [0.5, 0.6) is 23.0 Å². The molecule has 0 aliphatic carbocycles. The third-order valence-corrected chi connectivity index (χ3v) is 3.80. The van der Waals surface area contributed by atoms with Gasteiger partial charge in [-0.3, -0.25) is 4.79 Å². The first kappa shape index (κ1) is 17.4. The summed E-state index contributed by atoms with van der Waals surface area (Å²) in [6.45, 7) is 1.84. The lowest BCUT2D eigenvalue weighted by molar-refractivity contribution is -0.103. The molecular formula is C19H20O5. The van der Waals surface area contributed by atoms with E-state index in [0.29, 0.717) is 28.4 Å². The van der Waals surface area contributed by atoms with Gasteiger partial charge in [-0.25, -0.2) is 0 Å². The van der Waals surface area contributed by atoms with E-state index in [9.17, 15) is 9.90 Å². The maximum atomic E-state index is 11.6. The molecule has 0 radical (unpaired) electrons. The summed E-state index contributed by atoms with van der Waals surface area (Å²) in [5, 5.41) is 9.41. The Morgan fingerprint density at radius 1 is 0.917 bits per heavy atom. The highest BCUT2D eigenvalue weighted by Crippen LogP contribution is 2.40. The fraction of sp³-hybridized carbons (Fsp3) is 0.211. The summed E-state index contributed by atoms with van der Waals surface area (Å²) in [6, 6.07) is 10.1. The van der Waals surface area contributed by atoms with E-state index in [4.69, 9.17) is 14.2 Å². The number of hydrogen-bond acceptors (Lipinski definition) is 5. The fourth-order valence-electron chi connectivity index (χ4n) is 2.47. The first-order valence-corrected chi connectivity index (χ1v) is 7.31. The molecule has 126 valence electrons. The van der Waals surface area contributed by atoms with Gasteiger partial charge in [0, 0.05) is 5.57 Å². The molecule has 2 aromatic rings. The molecule has 0 spiro atoms. The molecule has 0 unspecified atom stereocenters. The van der Waals surface area contributed by atoms with Crippen molar-refractivity contribution in [2.24, 2.45) is 0 Å². The van der Waals surface area contributed by atoms with Crippen LogP contribution in [0.4, 0.5) is 0 Å². The van der Waals surface area contributed by atoms with E-state index in [2.05, 4.69) is 0 Å². The summed E-state index contributed by atoms with van der Waals surface area (Å²) in [6.07, 6.45) is 0.797. The molecule has 0 aliphatic heterocycles. The molecule has 0 saturated carbocycles. The number of benzene rings is 2. The second kappa shape index (κ2) is 7.55. The van der Waals surface area contributed by atoms with E-state index < -0.39 is 0 Å². The lowest BCUT2D eigenvalue weighted by Crippen LogP contribution is -1.98. The Morgan fingerprint density at radius 3 is 1.88 bits per heavy atom. The van der Waals surface area contributed by atoms with Crippen molar-refractivity contribution in [2.45, 2.75) is 6.92 Å². The average molecular weight is 328 g/mol. The minimum absolute atomic E-state index is 0.148. The van der Waals surface area contributed by atoms with Crippen molar-refractivity contribution in [3.05, 3.63) is 47.5 Å². The van der Waals surface area contributed by atoms with Gasteiger partial charge in [0.05, 0.1) is 21.3 Å². The summed E-state index contributed by atoms with van der Waals surface area (Å²) >= 11 is 0. The Kier molecular flexibility index (Phi) is 5.47. The molecule has 2 rings (SSSR count). The van der Waals surface area contributed by atoms with E-state index in [1.54, 1.807) is 50.6 Å². The van der Waals surface area contributed by atoms with Crippen LogP contribution in [-0.4, -0.2) is 32.7 Å². The summed E-state index contributed by atoms with van der Waals surface area (Å²) in [7, 11) is 4.62. The summed E-state index contributed by atoms with van der Waals surface area (Å²) in [4.78, 5) is 11.6. The van der Waals surface area contributed by atoms with Crippen molar-refractivity contribution in [1.29, 1.82) is 0 Å². The first-order valence-electron chi connectivity index (χ1n) is 7.31.